The molecule has 3 aromatic rings. The Balaban J connectivity index is 1.80. The second-order valence-corrected chi connectivity index (χ2v) is 7.98. The van der Waals surface area contributed by atoms with E-state index in [9.17, 15) is 19.5 Å². The molecule has 0 aliphatic heterocycles. The summed E-state index contributed by atoms with van der Waals surface area (Å²) in [6.07, 6.45) is 4.02. The Morgan fingerprint density at radius 3 is 2.50 bits per heavy atom. The fourth-order valence-corrected chi connectivity index (χ4v) is 4.35. The first-order chi connectivity index (χ1) is 14.3. The lowest BCUT2D eigenvalue weighted by Gasteiger charge is -2.18. The number of carboxylic acids is 1. The molecule has 0 bridgehead atoms. The van der Waals surface area contributed by atoms with E-state index in [1.807, 2.05) is 13.0 Å². The summed E-state index contributed by atoms with van der Waals surface area (Å²) in [4.78, 5) is 36.1. The molecule has 1 aromatic carbocycles. The van der Waals surface area contributed by atoms with Crippen molar-refractivity contribution in [1.82, 2.24) is 5.32 Å². The van der Waals surface area contributed by atoms with Crippen molar-refractivity contribution in [1.29, 1.82) is 0 Å². The summed E-state index contributed by atoms with van der Waals surface area (Å²) in [6, 6.07) is 0.894. The SMILES string of the molecule is CC[C@@H](NC(=O)Cc1c(C)c2cc3c4c(oc3c(C)c2oc1=O)CCCC4)C(=O)[O-]. The minimum atomic E-state index is -1.35. The van der Waals surface area contributed by atoms with Crippen molar-refractivity contribution in [3.63, 3.8) is 0 Å². The molecule has 0 saturated heterocycles. The monoisotopic (exact) mass is 410 g/mol. The molecule has 158 valence electrons. The van der Waals surface area contributed by atoms with Crippen LogP contribution < -0.4 is 16.0 Å². The first kappa shape index (κ1) is 20.2. The fourth-order valence-electron chi connectivity index (χ4n) is 4.35. The molecule has 0 fully saturated rings. The van der Waals surface area contributed by atoms with Gasteiger partial charge in [0.25, 0.3) is 0 Å². The number of aryl methyl sites for hydroxylation is 4. The summed E-state index contributed by atoms with van der Waals surface area (Å²) in [7, 11) is 0. The number of carboxylic acid groups (broad SMARTS) is 1. The van der Waals surface area contributed by atoms with Crippen molar-refractivity contribution in [3.8, 4) is 0 Å². The lowest BCUT2D eigenvalue weighted by Crippen LogP contribution is -2.48. The first-order valence-corrected chi connectivity index (χ1v) is 10.3. The molecule has 4 rings (SSSR count). The predicted molar refractivity (Wildman–Crippen MR) is 109 cm³/mol. The second-order valence-electron chi connectivity index (χ2n) is 7.98. The molecular formula is C23H24NO6-. The molecule has 1 aliphatic carbocycles. The van der Waals surface area contributed by atoms with Gasteiger partial charge >= 0.3 is 5.63 Å². The molecule has 0 saturated carbocycles. The second kappa shape index (κ2) is 7.63. The number of rotatable bonds is 5. The maximum absolute atomic E-state index is 12.7. The number of benzene rings is 1. The predicted octanol–water partition coefficient (Wildman–Crippen LogP) is 2.22. The molecule has 0 spiro atoms. The zero-order chi connectivity index (χ0) is 21.6. The third kappa shape index (κ3) is 3.28. The van der Waals surface area contributed by atoms with Crippen LogP contribution in [0.1, 0.15) is 54.2 Å². The van der Waals surface area contributed by atoms with Gasteiger partial charge in [0.1, 0.15) is 16.9 Å². The number of carbonyl (C=O) groups is 2. The van der Waals surface area contributed by atoms with Crippen LogP contribution in [-0.4, -0.2) is 17.9 Å². The van der Waals surface area contributed by atoms with E-state index in [0.717, 1.165) is 53.4 Å². The lowest BCUT2D eigenvalue weighted by atomic mass is 9.93. The Kier molecular flexibility index (Phi) is 5.13. The lowest BCUT2D eigenvalue weighted by molar-refractivity contribution is -0.308. The number of furan rings is 1. The minimum absolute atomic E-state index is 0.197. The fraction of sp³-hybridized carbons (Fsp3) is 0.435. The van der Waals surface area contributed by atoms with E-state index >= 15 is 0 Å². The zero-order valence-corrected chi connectivity index (χ0v) is 17.3. The van der Waals surface area contributed by atoms with Crippen molar-refractivity contribution in [2.75, 3.05) is 0 Å². The number of hydrogen-bond donors (Lipinski definition) is 1. The molecule has 1 aliphatic rings. The molecule has 1 amide bonds. The summed E-state index contributed by atoms with van der Waals surface area (Å²) in [5, 5.41) is 15.3. The number of nitrogens with one attached hydrogen (secondary N) is 1. The van der Waals surface area contributed by atoms with Crippen LogP contribution in [0.4, 0.5) is 0 Å². The van der Waals surface area contributed by atoms with Gasteiger partial charge in [-0.1, -0.05) is 6.92 Å². The Labute approximate surface area is 173 Å². The van der Waals surface area contributed by atoms with E-state index in [1.54, 1.807) is 13.8 Å². The van der Waals surface area contributed by atoms with Gasteiger partial charge in [0.05, 0.1) is 24.0 Å². The molecule has 30 heavy (non-hydrogen) atoms. The summed E-state index contributed by atoms with van der Waals surface area (Å²) in [5.41, 5.74) is 3.49. The quantitative estimate of drug-likeness (QED) is 0.646. The highest BCUT2D eigenvalue weighted by Crippen LogP contribution is 2.37. The van der Waals surface area contributed by atoms with Gasteiger partial charge in [-0.2, -0.15) is 0 Å². The summed E-state index contributed by atoms with van der Waals surface area (Å²) in [6.45, 7) is 5.30. The van der Waals surface area contributed by atoms with Gasteiger partial charge in [-0.3, -0.25) is 4.79 Å². The minimum Gasteiger partial charge on any atom is -0.548 e. The number of amides is 1. The highest BCUT2D eigenvalue weighted by Gasteiger charge is 2.23. The van der Waals surface area contributed by atoms with Crippen molar-refractivity contribution >= 4 is 33.8 Å². The van der Waals surface area contributed by atoms with E-state index in [4.69, 9.17) is 8.83 Å². The van der Waals surface area contributed by atoms with Crippen LogP contribution in [0.25, 0.3) is 21.9 Å². The zero-order valence-electron chi connectivity index (χ0n) is 17.3. The summed E-state index contributed by atoms with van der Waals surface area (Å²) < 4.78 is 11.7. The van der Waals surface area contributed by atoms with Crippen molar-refractivity contribution < 1.29 is 23.5 Å². The average molecular weight is 410 g/mol. The van der Waals surface area contributed by atoms with E-state index in [0.29, 0.717) is 11.1 Å². The normalized spacial score (nSPS) is 14.6. The van der Waals surface area contributed by atoms with Crippen LogP contribution in [0.15, 0.2) is 19.7 Å². The number of carbonyl (C=O) groups excluding carboxylic acids is 2. The van der Waals surface area contributed by atoms with Crippen molar-refractivity contribution in [3.05, 3.63) is 44.5 Å². The van der Waals surface area contributed by atoms with Crippen molar-refractivity contribution in [2.45, 2.75) is 65.3 Å². The largest absolute Gasteiger partial charge is 0.548 e. The number of aliphatic carboxylic acids is 1. The topological polar surface area (TPSA) is 113 Å². The maximum atomic E-state index is 12.7. The van der Waals surface area contributed by atoms with Crippen LogP contribution in [0.3, 0.4) is 0 Å². The molecule has 2 aromatic heterocycles. The molecule has 1 atom stereocenters. The summed E-state index contributed by atoms with van der Waals surface area (Å²) >= 11 is 0. The Hall–Kier alpha value is -3.09. The molecule has 0 unspecified atom stereocenters. The van der Waals surface area contributed by atoms with Crippen LogP contribution >= 0.6 is 0 Å². The van der Waals surface area contributed by atoms with Gasteiger partial charge in [0.15, 0.2) is 0 Å². The number of fused-ring (bicyclic) bond motifs is 4. The third-order valence-corrected chi connectivity index (χ3v) is 6.09. The smallest absolute Gasteiger partial charge is 0.340 e. The Bertz CT molecular complexity index is 1230. The molecule has 7 heteroatoms. The first-order valence-electron chi connectivity index (χ1n) is 10.3. The number of hydrogen-bond acceptors (Lipinski definition) is 6. The van der Waals surface area contributed by atoms with E-state index in [-0.39, 0.29) is 18.4 Å². The average Bonchev–Trinajstić information content (AvgIpc) is 3.09. The molecule has 2 heterocycles. The van der Waals surface area contributed by atoms with Crippen LogP contribution in [0.2, 0.25) is 0 Å². The third-order valence-electron chi connectivity index (χ3n) is 6.09. The summed E-state index contributed by atoms with van der Waals surface area (Å²) in [5.74, 6) is -0.905. The molecular weight excluding hydrogens is 386 g/mol. The van der Waals surface area contributed by atoms with Gasteiger partial charge in [-0.15, -0.1) is 0 Å². The van der Waals surface area contributed by atoms with Crippen molar-refractivity contribution in [2.24, 2.45) is 0 Å². The van der Waals surface area contributed by atoms with Gasteiger partial charge in [0, 0.05) is 28.3 Å². The van der Waals surface area contributed by atoms with Crippen LogP contribution in [0.5, 0.6) is 0 Å². The van der Waals surface area contributed by atoms with Crippen LogP contribution in [0, 0.1) is 13.8 Å². The Morgan fingerprint density at radius 2 is 1.80 bits per heavy atom. The van der Waals surface area contributed by atoms with Crippen LogP contribution in [-0.2, 0) is 28.9 Å². The van der Waals surface area contributed by atoms with Gasteiger partial charge in [-0.25, -0.2) is 4.79 Å². The highest BCUT2D eigenvalue weighted by atomic mass is 16.4. The molecule has 1 N–H and O–H groups in total. The van der Waals surface area contributed by atoms with Gasteiger partial charge in [0.2, 0.25) is 5.91 Å². The van der Waals surface area contributed by atoms with E-state index in [1.165, 1.54) is 5.56 Å². The van der Waals surface area contributed by atoms with E-state index in [2.05, 4.69) is 5.32 Å². The molecule has 0 radical (unpaired) electrons. The molecule has 7 nitrogen and oxygen atoms in total. The standard InChI is InChI=1S/C23H25NO6/c1-4-17(22(26)27)24-19(25)10-15-11(2)14-9-16-13-7-5-6-8-18(13)29-21(16)12(3)20(14)30-23(15)28/h9,17H,4-8,10H2,1-3H3,(H,24,25)(H,26,27)/p-1/t17-/m1/s1. The van der Waals surface area contributed by atoms with E-state index < -0.39 is 23.5 Å². The van der Waals surface area contributed by atoms with Gasteiger partial charge in [-0.05, 0) is 51.2 Å². The van der Waals surface area contributed by atoms with Gasteiger partial charge < -0.3 is 24.1 Å². The Morgan fingerprint density at radius 1 is 1.10 bits per heavy atom. The maximum Gasteiger partial charge on any atom is 0.340 e. The highest BCUT2D eigenvalue weighted by molar-refractivity contribution is 6.00.